The Balaban J connectivity index is 1.58. The summed E-state index contributed by atoms with van der Waals surface area (Å²) in [6, 6.07) is 19.9. The summed E-state index contributed by atoms with van der Waals surface area (Å²) in [6.07, 6.45) is -0.813. The maximum Gasteiger partial charge on any atom is 0.311 e. The molecule has 1 fully saturated rings. The molecule has 3 aromatic rings. The Morgan fingerprint density at radius 1 is 0.921 bits per heavy atom. The number of ketones is 1. The lowest BCUT2D eigenvalue weighted by molar-refractivity contribution is -0.135. The van der Waals surface area contributed by atoms with Crippen LogP contribution >= 0.6 is 0 Å². The molecule has 0 saturated carbocycles. The molecule has 0 spiro atoms. The number of carboxylic acids is 1. The molecule has 4 rings (SSSR count). The first-order valence-electron chi connectivity index (χ1n) is 12.2. The molecule has 0 aliphatic carbocycles. The minimum Gasteiger partial charge on any atom is -0.481 e. The van der Waals surface area contributed by atoms with Crippen LogP contribution in [0.4, 0.5) is 23.2 Å². The number of nitrogens with zero attached hydrogens (tertiary/aromatic N) is 2. The molecule has 3 aromatic carbocycles. The first-order chi connectivity index (χ1) is 18.2. The largest absolute Gasteiger partial charge is 0.481 e. The number of alkyl halides is 1. The van der Waals surface area contributed by atoms with Gasteiger partial charge in [0.1, 0.15) is 17.9 Å². The topological polar surface area (TPSA) is 60.9 Å². The normalized spacial score (nSPS) is 17.2. The Kier molecular flexibility index (Phi) is 8.46. The third-order valence-corrected chi connectivity index (χ3v) is 6.84. The number of carboxylic acid groups (broad SMARTS) is 1. The van der Waals surface area contributed by atoms with Gasteiger partial charge in [0.25, 0.3) is 0 Å². The number of Topliss-reactive ketones (excluding diaryl/α,β-unsaturated/α-hetero) is 1. The first kappa shape index (κ1) is 27.3. The van der Waals surface area contributed by atoms with Crippen molar-refractivity contribution in [3.05, 3.63) is 101 Å². The molecule has 5 nitrogen and oxygen atoms in total. The van der Waals surface area contributed by atoms with Crippen LogP contribution in [0.1, 0.15) is 34.3 Å². The van der Waals surface area contributed by atoms with Crippen LogP contribution < -0.4 is 4.90 Å². The Morgan fingerprint density at radius 2 is 1.50 bits per heavy atom. The molecule has 1 unspecified atom stereocenters. The van der Waals surface area contributed by atoms with E-state index in [-0.39, 0.29) is 19.5 Å². The van der Waals surface area contributed by atoms with Crippen LogP contribution in [-0.2, 0) is 17.9 Å². The van der Waals surface area contributed by atoms with Crippen molar-refractivity contribution in [1.29, 1.82) is 0 Å². The highest BCUT2D eigenvalue weighted by Crippen LogP contribution is 2.39. The molecule has 0 amide bonds. The third kappa shape index (κ3) is 6.22. The summed E-state index contributed by atoms with van der Waals surface area (Å²) in [5.74, 6) is -7.17. The van der Waals surface area contributed by atoms with Crippen molar-refractivity contribution in [2.45, 2.75) is 25.9 Å². The average molecular weight is 529 g/mol. The van der Waals surface area contributed by atoms with Gasteiger partial charge in [0.2, 0.25) is 0 Å². The van der Waals surface area contributed by atoms with E-state index in [0.29, 0.717) is 25.7 Å². The maximum atomic E-state index is 15.0. The van der Waals surface area contributed by atoms with E-state index in [1.807, 2.05) is 60.7 Å². The molecule has 1 N–H and O–H groups in total. The SMILES string of the molecule is O=C(O)CC(=O)c1cc(F)c(N2CCC(CF)(CN(Cc3ccccc3)Cc3ccccc3)C2)c(F)c1F. The molecule has 0 bridgehead atoms. The summed E-state index contributed by atoms with van der Waals surface area (Å²) in [7, 11) is 0. The second kappa shape index (κ2) is 11.8. The molecule has 1 atom stereocenters. The Hall–Kier alpha value is -3.72. The van der Waals surface area contributed by atoms with Gasteiger partial charge >= 0.3 is 5.97 Å². The van der Waals surface area contributed by atoms with Crippen LogP contribution in [0.5, 0.6) is 0 Å². The Bertz CT molecular complexity index is 1250. The number of carbonyl (C=O) groups is 2. The maximum absolute atomic E-state index is 15.0. The molecule has 0 aromatic heterocycles. The van der Waals surface area contributed by atoms with E-state index in [9.17, 15) is 22.8 Å². The van der Waals surface area contributed by atoms with Crippen molar-refractivity contribution >= 4 is 17.4 Å². The van der Waals surface area contributed by atoms with Gasteiger partial charge < -0.3 is 10.0 Å². The van der Waals surface area contributed by atoms with Gasteiger partial charge in [-0.25, -0.2) is 13.2 Å². The van der Waals surface area contributed by atoms with Gasteiger partial charge in [-0.3, -0.25) is 18.9 Å². The number of hydrogen-bond donors (Lipinski definition) is 1. The monoisotopic (exact) mass is 528 g/mol. The minimum absolute atomic E-state index is 0.0563. The van der Waals surface area contributed by atoms with Crippen LogP contribution in [-0.4, -0.2) is 48.1 Å². The van der Waals surface area contributed by atoms with Gasteiger partial charge in [0.15, 0.2) is 17.4 Å². The first-order valence-corrected chi connectivity index (χ1v) is 12.2. The fourth-order valence-corrected chi connectivity index (χ4v) is 5.04. The van der Waals surface area contributed by atoms with Gasteiger partial charge in [0.05, 0.1) is 12.2 Å². The van der Waals surface area contributed by atoms with E-state index < -0.39 is 59.0 Å². The molecule has 1 heterocycles. The van der Waals surface area contributed by atoms with Crippen LogP contribution in [0.15, 0.2) is 66.7 Å². The fourth-order valence-electron chi connectivity index (χ4n) is 5.04. The summed E-state index contributed by atoms with van der Waals surface area (Å²) < 4.78 is 59.3. The van der Waals surface area contributed by atoms with Crippen LogP contribution in [0.2, 0.25) is 0 Å². The second-order valence-corrected chi connectivity index (χ2v) is 9.80. The van der Waals surface area contributed by atoms with Crippen molar-refractivity contribution in [3.8, 4) is 0 Å². The average Bonchev–Trinajstić information content (AvgIpc) is 3.30. The number of benzene rings is 3. The van der Waals surface area contributed by atoms with Gasteiger partial charge in [0, 0.05) is 38.1 Å². The standard InChI is InChI=1S/C29H28F4N2O3/c30-17-29(18-34(15-20-7-3-1-4-8-20)16-21-9-5-2-6-10-21)11-12-35(19-29)28-23(31)13-22(26(32)27(28)33)24(36)14-25(37)38/h1-10,13H,11-12,14-19H2,(H,37,38). The Labute approximate surface area is 218 Å². The smallest absolute Gasteiger partial charge is 0.311 e. The van der Waals surface area contributed by atoms with Crippen LogP contribution in [0.3, 0.4) is 0 Å². The zero-order valence-electron chi connectivity index (χ0n) is 20.7. The van der Waals surface area contributed by atoms with Crippen molar-refractivity contribution in [1.82, 2.24) is 4.90 Å². The lowest BCUT2D eigenvalue weighted by Crippen LogP contribution is -2.41. The van der Waals surface area contributed by atoms with Gasteiger partial charge in [-0.15, -0.1) is 0 Å². The Morgan fingerprint density at radius 3 is 2.03 bits per heavy atom. The van der Waals surface area contributed by atoms with E-state index in [2.05, 4.69) is 4.90 Å². The minimum atomic E-state index is -1.61. The fraction of sp³-hybridized carbons (Fsp3) is 0.310. The lowest BCUT2D eigenvalue weighted by Gasteiger charge is -2.34. The van der Waals surface area contributed by atoms with E-state index >= 15 is 4.39 Å². The van der Waals surface area contributed by atoms with E-state index in [1.54, 1.807) is 0 Å². The van der Waals surface area contributed by atoms with E-state index in [0.717, 1.165) is 11.1 Å². The van der Waals surface area contributed by atoms with Gasteiger partial charge in [-0.05, 0) is 23.6 Å². The predicted molar refractivity (Wildman–Crippen MR) is 135 cm³/mol. The van der Waals surface area contributed by atoms with Crippen molar-refractivity contribution in [2.24, 2.45) is 5.41 Å². The van der Waals surface area contributed by atoms with Gasteiger partial charge in [-0.2, -0.15) is 0 Å². The number of halogens is 4. The molecular weight excluding hydrogens is 500 g/mol. The molecule has 9 heteroatoms. The van der Waals surface area contributed by atoms with Crippen molar-refractivity contribution in [2.75, 3.05) is 31.2 Å². The van der Waals surface area contributed by atoms with Crippen molar-refractivity contribution in [3.63, 3.8) is 0 Å². The molecule has 38 heavy (non-hydrogen) atoms. The number of rotatable bonds is 11. The summed E-state index contributed by atoms with van der Waals surface area (Å²) in [5, 5.41) is 8.77. The summed E-state index contributed by atoms with van der Waals surface area (Å²) in [4.78, 5) is 26.1. The summed E-state index contributed by atoms with van der Waals surface area (Å²) >= 11 is 0. The molecule has 0 radical (unpaired) electrons. The highest BCUT2D eigenvalue weighted by atomic mass is 19.2. The molecular formula is C29H28F4N2O3. The quantitative estimate of drug-likeness (QED) is 0.151. The molecule has 1 aliphatic heterocycles. The van der Waals surface area contributed by atoms with Crippen molar-refractivity contribution < 1.29 is 32.3 Å². The summed E-state index contributed by atoms with van der Waals surface area (Å²) in [6.45, 7) is 0.656. The third-order valence-electron chi connectivity index (χ3n) is 6.84. The number of carbonyl (C=O) groups excluding carboxylic acids is 1. The molecule has 1 saturated heterocycles. The highest BCUT2D eigenvalue weighted by molar-refractivity contribution is 6.05. The van der Waals surface area contributed by atoms with Crippen LogP contribution in [0.25, 0.3) is 0 Å². The molecule has 200 valence electrons. The van der Waals surface area contributed by atoms with Gasteiger partial charge in [-0.1, -0.05) is 60.7 Å². The summed E-state index contributed by atoms with van der Waals surface area (Å²) in [5.41, 5.74) is -0.529. The zero-order chi connectivity index (χ0) is 27.3. The second-order valence-electron chi connectivity index (χ2n) is 9.80. The number of anilines is 1. The lowest BCUT2D eigenvalue weighted by atomic mass is 9.87. The molecule has 1 aliphatic rings. The predicted octanol–water partition coefficient (Wildman–Crippen LogP) is 5.63. The van der Waals surface area contributed by atoms with E-state index in [4.69, 9.17) is 5.11 Å². The van der Waals surface area contributed by atoms with Crippen LogP contribution in [0, 0.1) is 22.9 Å². The zero-order valence-corrected chi connectivity index (χ0v) is 20.7. The van der Waals surface area contributed by atoms with E-state index in [1.165, 1.54) is 4.90 Å². The number of hydrogen-bond acceptors (Lipinski definition) is 4. The highest BCUT2D eigenvalue weighted by Gasteiger charge is 2.42. The number of aliphatic carboxylic acids is 1.